The number of pyridine rings is 1. The number of hydrogen-bond acceptors (Lipinski definition) is 7. The number of anilines is 1. The van der Waals surface area contributed by atoms with Crippen LogP contribution in [0.1, 0.15) is 121 Å². The Bertz CT molecular complexity index is 1760. The van der Waals surface area contributed by atoms with E-state index in [1.807, 2.05) is 12.4 Å². The maximum Gasteiger partial charge on any atom is 0.410 e. The highest BCUT2D eigenvalue weighted by molar-refractivity contribution is 5.93. The van der Waals surface area contributed by atoms with Crippen LogP contribution in [0.15, 0.2) is 42.9 Å². The van der Waals surface area contributed by atoms with E-state index in [1.54, 1.807) is 12.0 Å². The maximum absolute atomic E-state index is 14.0. The van der Waals surface area contributed by atoms with E-state index < -0.39 is 0 Å². The smallest absolute Gasteiger partial charge is 0.410 e. The molecule has 8 rings (SSSR count). The number of methoxy groups -OCH3 is 1. The second-order valence-corrected chi connectivity index (χ2v) is 17.2. The van der Waals surface area contributed by atoms with Gasteiger partial charge < -0.3 is 24.8 Å². The van der Waals surface area contributed by atoms with Gasteiger partial charge in [-0.05, 0) is 150 Å². The molecular formula is C43H59N5O5. The topological polar surface area (TPSA) is 119 Å². The van der Waals surface area contributed by atoms with Crippen molar-refractivity contribution in [2.24, 2.45) is 11.3 Å². The van der Waals surface area contributed by atoms with Gasteiger partial charge in [-0.15, -0.1) is 0 Å². The number of benzene rings is 1. The number of amides is 2. The number of hydrogen-bond donors (Lipinski definition) is 2. The first-order valence-electron chi connectivity index (χ1n) is 20.1. The lowest BCUT2D eigenvalue weighted by molar-refractivity contribution is -0.121. The normalized spacial score (nSPS) is 26.3. The number of nitrogens with zero attached hydrogens (tertiary/aromatic N) is 4. The lowest BCUT2D eigenvalue weighted by Crippen LogP contribution is -2.45. The molecule has 1 saturated heterocycles. The van der Waals surface area contributed by atoms with E-state index in [0.29, 0.717) is 57.4 Å². The monoisotopic (exact) mass is 725 g/mol. The van der Waals surface area contributed by atoms with Crippen molar-refractivity contribution in [3.05, 3.63) is 59.5 Å². The first-order chi connectivity index (χ1) is 25.4. The first kappa shape index (κ1) is 37.4. The Hall–Kier alpha value is -3.92. The Morgan fingerprint density at radius 3 is 2.34 bits per heavy atom. The maximum atomic E-state index is 14.0. The number of rotatable bonds is 10. The number of carbonyl (C=O) groups is 2. The third kappa shape index (κ3) is 7.71. The van der Waals surface area contributed by atoms with Gasteiger partial charge >= 0.3 is 6.09 Å². The Morgan fingerprint density at radius 2 is 1.70 bits per heavy atom. The molecule has 3 heterocycles. The minimum atomic E-state index is -0.339. The molecule has 2 aromatic heterocycles. The van der Waals surface area contributed by atoms with Crippen LogP contribution in [-0.4, -0.2) is 69.2 Å². The lowest BCUT2D eigenvalue weighted by Gasteiger charge is -2.54. The standard InChI is InChI=1S/C43H59N5O5/c1-6-41(3,4)48-28-31(27-45-48)35-13-22-44-38(46-39(50)30-7-10-34(11-8-30)53-40(51)47-23-14-33(49)15-24-47)36(35)26-42-16-19-43(20-17-42,21-18-42)32-9-12-37(52-5)29(2)25-32/h9,12-13,22,25,27-28,30,33-34,49H,6-8,10-11,14-21,23-24,26H2,1-5H3,(H,44,46,50). The van der Waals surface area contributed by atoms with Gasteiger partial charge in [-0.1, -0.05) is 19.1 Å². The van der Waals surface area contributed by atoms with Crippen molar-refractivity contribution in [1.29, 1.82) is 0 Å². The summed E-state index contributed by atoms with van der Waals surface area (Å²) in [5.41, 5.74) is 6.15. The zero-order valence-corrected chi connectivity index (χ0v) is 32.5. The summed E-state index contributed by atoms with van der Waals surface area (Å²) in [6.07, 6.45) is 17.6. The number of aromatic nitrogens is 3. The predicted octanol–water partition coefficient (Wildman–Crippen LogP) is 8.33. The molecule has 286 valence electrons. The minimum Gasteiger partial charge on any atom is -0.496 e. The van der Waals surface area contributed by atoms with Crippen LogP contribution in [0.4, 0.5) is 10.6 Å². The number of likely N-dealkylation sites (tertiary alicyclic amines) is 1. The van der Waals surface area contributed by atoms with Crippen LogP contribution < -0.4 is 10.1 Å². The number of carbonyl (C=O) groups excluding carboxylic acids is 2. The number of aryl methyl sites for hydroxylation is 1. The number of aliphatic hydroxyl groups is 1. The third-order valence-electron chi connectivity index (χ3n) is 13.7. The molecule has 10 nitrogen and oxygen atoms in total. The lowest BCUT2D eigenvalue weighted by atomic mass is 9.50. The van der Waals surface area contributed by atoms with Gasteiger partial charge in [0.2, 0.25) is 5.91 Å². The van der Waals surface area contributed by atoms with E-state index in [4.69, 9.17) is 19.6 Å². The average Bonchev–Trinajstić information content (AvgIpc) is 3.68. The molecule has 2 N–H and O–H groups in total. The summed E-state index contributed by atoms with van der Waals surface area (Å²) in [7, 11) is 1.74. The highest BCUT2D eigenvalue weighted by atomic mass is 16.6. The average molecular weight is 726 g/mol. The molecule has 10 heteroatoms. The second-order valence-electron chi connectivity index (χ2n) is 17.2. The molecule has 2 amide bonds. The molecule has 1 aromatic carbocycles. The molecule has 3 aromatic rings. The van der Waals surface area contributed by atoms with Crippen LogP contribution in [0, 0.1) is 18.3 Å². The third-order valence-corrected chi connectivity index (χ3v) is 13.7. The Labute approximate surface area is 315 Å². The highest BCUT2D eigenvalue weighted by Gasteiger charge is 2.50. The van der Waals surface area contributed by atoms with Gasteiger partial charge in [-0.2, -0.15) is 5.10 Å². The summed E-state index contributed by atoms with van der Waals surface area (Å²) in [6.45, 7) is 9.78. The molecule has 2 bridgehead atoms. The van der Waals surface area contributed by atoms with Crippen molar-refractivity contribution in [1.82, 2.24) is 19.7 Å². The van der Waals surface area contributed by atoms with Crippen LogP contribution >= 0.6 is 0 Å². The molecule has 4 aliphatic carbocycles. The number of fused-ring (bicyclic) bond motifs is 3. The number of aliphatic hydroxyl groups excluding tert-OH is 1. The van der Waals surface area contributed by atoms with Crippen LogP contribution in [0.5, 0.6) is 5.75 Å². The molecule has 4 saturated carbocycles. The number of nitrogens with one attached hydrogen (secondary N) is 1. The molecule has 5 fully saturated rings. The minimum absolute atomic E-state index is 0.00723. The summed E-state index contributed by atoms with van der Waals surface area (Å²) < 4.78 is 13.5. The first-order valence-corrected chi connectivity index (χ1v) is 20.1. The Kier molecular flexibility index (Phi) is 10.6. The SMILES string of the molecule is CCC(C)(C)n1cc(-c2ccnc(NC(=O)C3CCC(OC(=O)N4CCC(O)CC4)CC3)c2CC23CCC(c4ccc(OC)c(C)c4)(CC2)CC3)cn1. The van der Waals surface area contributed by atoms with Crippen LogP contribution in [0.2, 0.25) is 0 Å². The highest BCUT2D eigenvalue weighted by Crippen LogP contribution is 2.59. The van der Waals surface area contributed by atoms with Gasteiger partial charge in [0.05, 0.1) is 24.9 Å². The van der Waals surface area contributed by atoms with E-state index in [1.165, 1.54) is 11.1 Å². The molecule has 0 unspecified atom stereocenters. The van der Waals surface area contributed by atoms with Crippen molar-refractivity contribution in [3.8, 4) is 16.9 Å². The molecular weight excluding hydrogens is 667 g/mol. The van der Waals surface area contributed by atoms with E-state index in [0.717, 1.165) is 73.8 Å². The summed E-state index contributed by atoms with van der Waals surface area (Å²) >= 11 is 0. The largest absolute Gasteiger partial charge is 0.496 e. The molecule has 0 atom stereocenters. The van der Waals surface area contributed by atoms with Gasteiger partial charge in [-0.25, -0.2) is 9.78 Å². The number of piperidine rings is 1. The van der Waals surface area contributed by atoms with Gasteiger partial charge in [0.15, 0.2) is 0 Å². The van der Waals surface area contributed by atoms with Gasteiger partial charge in [0.25, 0.3) is 0 Å². The van der Waals surface area contributed by atoms with Crippen molar-refractivity contribution in [2.45, 2.75) is 141 Å². The van der Waals surface area contributed by atoms with Crippen LogP contribution in [0.25, 0.3) is 11.1 Å². The molecule has 0 radical (unpaired) electrons. The summed E-state index contributed by atoms with van der Waals surface area (Å²) in [5, 5.41) is 17.9. The van der Waals surface area contributed by atoms with Crippen molar-refractivity contribution in [3.63, 3.8) is 0 Å². The fourth-order valence-corrected chi connectivity index (χ4v) is 9.48. The van der Waals surface area contributed by atoms with E-state index in [2.05, 4.69) is 68.2 Å². The van der Waals surface area contributed by atoms with Gasteiger partial charge in [-0.3, -0.25) is 9.48 Å². The molecule has 5 aliphatic rings. The van der Waals surface area contributed by atoms with Crippen molar-refractivity contribution < 1.29 is 24.2 Å². The van der Waals surface area contributed by atoms with E-state index >= 15 is 0 Å². The Morgan fingerprint density at radius 1 is 1.00 bits per heavy atom. The van der Waals surface area contributed by atoms with Gasteiger partial charge in [0.1, 0.15) is 17.7 Å². The predicted molar refractivity (Wildman–Crippen MR) is 206 cm³/mol. The fourth-order valence-electron chi connectivity index (χ4n) is 9.48. The molecule has 1 aliphatic heterocycles. The van der Waals surface area contributed by atoms with Crippen molar-refractivity contribution >= 4 is 17.8 Å². The molecule has 53 heavy (non-hydrogen) atoms. The van der Waals surface area contributed by atoms with Gasteiger partial charge in [0, 0.05) is 42.5 Å². The fraction of sp³-hybridized carbons (Fsp3) is 0.628. The second kappa shape index (κ2) is 15.1. The van der Waals surface area contributed by atoms with Crippen LogP contribution in [-0.2, 0) is 26.9 Å². The zero-order chi connectivity index (χ0) is 37.4. The van der Waals surface area contributed by atoms with E-state index in [9.17, 15) is 14.7 Å². The summed E-state index contributed by atoms with van der Waals surface area (Å²) in [6, 6.07) is 8.86. The van der Waals surface area contributed by atoms with E-state index in [-0.39, 0.29) is 46.5 Å². The number of ether oxygens (including phenoxy) is 2. The zero-order valence-electron chi connectivity index (χ0n) is 32.5. The summed E-state index contributed by atoms with van der Waals surface area (Å²) in [5.74, 6) is 1.44. The summed E-state index contributed by atoms with van der Waals surface area (Å²) in [4.78, 5) is 33.3. The Balaban J connectivity index is 1.08. The molecule has 0 spiro atoms. The van der Waals surface area contributed by atoms with Crippen molar-refractivity contribution in [2.75, 3.05) is 25.5 Å². The van der Waals surface area contributed by atoms with Crippen LogP contribution in [0.3, 0.4) is 0 Å². The quantitative estimate of drug-likeness (QED) is 0.216.